The lowest BCUT2D eigenvalue weighted by atomic mass is 9.92. The molecule has 1 saturated heterocycles. The second-order valence-electron chi connectivity index (χ2n) is 4.87. The first-order chi connectivity index (χ1) is 8.63. The number of rotatable bonds is 4. The van der Waals surface area contributed by atoms with E-state index in [0.717, 1.165) is 48.2 Å². The minimum Gasteiger partial charge on any atom is -0.316 e. The van der Waals surface area contributed by atoms with E-state index >= 15 is 0 Å². The summed E-state index contributed by atoms with van der Waals surface area (Å²) >= 11 is 3.56. The number of aryl methyl sites for hydroxylation is 2. The minimum atomic E-state index is 0.172. The van der Waals surface area contributed by atoms with E-state index in [2.05, 4.69) is 33.3 Å². The SMILES string of the molecule is CCc1nn(C)c(CC(=O)C2CCCNC2)c1Br. The van der Waals surface area contributed by atoms with Crippen LogP contribution in [-0.4, -0.2) is 28.7 Å². The van der Waals surface area contributed by atoms with Gasteiger partial charge in [0.25, 0.3) is 0 Å². The molecular formula is C13H20BrN3O. The average molecular weight is 314 g/mol. The summed E-state index contributed by atoms with van der Waals surface area (Å²) in [5.74, 6) is 0.499. The highest BCUT2D eigenvalue weighted by atomic mass is 79.9. The summed E-state index contributed by atoms with van der Waals surface area (Å²) < 4.78 is 2.83. The van der Waals surface area contributed by atoms with Gasteiger partial charge < -0.3 is 5.32 Å². The van der Waals surface area contributed by atoms with Crippen molar-refractivity contribution in [2.45, 2.75) is 32.6 Å². The molecule has 2 rings (SSSR count). The number of halogens is 1. The summed E-state index contributed by atoms with van der Waals surface area (Å²) in [6.07, 6.45) is 3.48. The highest BCUT2D eigenvalue weighted by Gasteiger charge is 2.23. The van der Waals surface area contributed by atoms with Crippen LogP contribution in [0.25, 0.3) is 0 Å². The molecule has 1 aliphatic rings. The molecule has 1 aromatic rings. The monoisotopic (exact) mass is 313 g/mol. The summed E-state index contributed by atoms with van der Waals surface area (Å²) in [6.45, 7) is 3.94. The van der Waals surface area contributed by atoms with E-state index in [1.807, 2.05) is 11.7 Å². The first-order valence-corrected chi connectivity index (χ1v) is 7.36. The molecular weight excluding hydrogens is 294 g/mol. The van der Waals surface area contributed by atoms with Crippen molar-refractivity contribution in [1.82, 2.24) is 15.1 Å². The predicted octanol–water partition coefficient (Wildman–Crippen LogP) is 1.86. The van der Waals surface area contributed by atoms with Crippen LogP contribution in [0, 0.1) is 5.92 Å². The minimum absolute atomic E-state index is 0.172. The summed E-state index contributed by atoms with van der Waals surface area (Å²) in [4.78, 5) is 12.3. The number of nitrogens with zero attached hydrogens (tertiary/aromatic N) is 2. The van der Waals surface area contributed by atoms with Gasteiger partial charge in [0.2, 0.25) is 0 Å². The highest BCUT2D eigenvalue weighted by molar-refractivity contribution is 9.10. The highest BCUT2D eigenvalue weighted by Crippen LogP contribution is 2.23. The molecule has 1 aliphatic heterocycles. The Balaban J connectivity index is 2.08. The van der Waals surface area contributed by atoms with Crippen molar-refractivity contribution in [2.75, 3.05) is 13.1 Å². The van der Waals surface area contributed by atoms with Gasteiger partial charge in [0.1, 0.15) is 5.78 Å². The molecule has 4 nitrogen and oxygen atoms in total. The summed E-state index contributed by atoms with van der Waals surface area (Å²) in [6, 6.07) is 0. The van der Waals surface area contributed by atoms with E-state index in [4.69, 9.17) is 0 Å². The van der Waals surface area contributed by atoms with E-state index in [-0.39, 0.29) is 5.92 Å². The molecule has 1 unspecified atom stereocenters. The Hall–Kier alpha value is -0.680. The number of hydrogen-bond donors (Lipinski definition) is 1. The number of nitrogens with one attached hydrogen (secondary N) is 1. The number of carbonyl (C=O) groups excluding carboxylic acids is 1. The molecule has 18 heavy (non-hydrogen) atoms. The third kappa shape index (κ3) is 2.83. The van der Waals surface area contributed by atoms with Gasteiger partial charge in [-0.05, 0) is 41.7 Å². The lowest BCUT2D eigenvalue weighted by Crippen LogP contribution is -2.35. The smallest absolute Gasteiger partial charge is 0.143 e. The Bertz CT molecular complexity index is 436. The van der Waals surface area contributed by atoms with Gasteiger partial charge in [-0.3, -0.25) is 9.48 Å². The molecule has 0 spiro atoms. The first kappa shape index (κ1) is 13.7. The van der Waals surface area contributed by atoms with Crippen LogP contribution in [0.1, 0.15) is 31.2 Å². The van der Waals surface area contributed by atoms with Crippen LogP contribution in [-0.2, 0) is 24.7 Å². The Morgan fingerprint density at radius 2 is 2.39 bits per heavy atom. The number of piperidine rings is 1. The molecule has 1 N–H and O–H groups in total. The second-order valence-corrected chi connectivity index (χ2v) is 5.66. The van der Waals surface area contributed by atoms with Crippen LogP contribution in [0.15, 0.2) is 4.47 Å². The number of aromatic nitrogens is 2. The van der Waals surface area contributed by atoms with Crippen LogP contribution in [0.4, 0.5) is 0 Å². The normalized spacial score (nSPS) is 20.1. The van der Waals surface area contributed by atoms with Gasteiger partial charge in [0.15, 0.2) is 0 Å². The number of hydrogen-bond acceptors (Lipinski definition) is 3. The van der Waals surface area contributed by atoms with Gasteiger partial charge in [-0.2, -0.15) is 5.10 Å². The van der Waals surface area contributed by atoms with Gasteiger partial charge in [-0.1, -0.05) is 6.92 Å². The van der Waals surface area contributed by atoms with Crippen molar-refractivity contribution < 1.29 is 4.79 Å². The summed E-state index contributed by atoms with van der Waals surface area (Å²) in [7, 11) is 1.91. The molecule has 0 radical (unpaired) electrons. The molecule has 1 fully saturated rings. The standard InChI is InChI=1S/C13H20BrN3O/c1-3-10-13(14)11(17(2)16-10)7-12(18)9-5-4-6-15-8-9/h9,15H,3-8H2,1-2H3. The number of carbonyl (C=O) groups is 1. The van der Waals surface area contributed by atoms with E-state index in [0.29, 0.717) is 12.2 Å². The fraction of sp³-hybridized carbons (Fsp3) is 0.692. The number of Topliss-reactive ketones (excluding diaryl/α,β-unsaturated/α-hetero) is 1. The van der Waals surface area contributed by atoms with Crippen LogP contribution in [0.2, 0.25) is 0 Å². The fourth-order valence-corrected chi connectivity index (χ4v) is 3.20. The molecule has 1 atom stereocenters. The Morgan fingerprint density at radius 3 is 2.94 bits per heavy atom. The Labute approximate surface area is 116 Å². The number of ketones is 1. The molecule has 0 amide bonds. The van der Waals surface area contributed by atoms with Crippen molar-refractivity contribution in [2.24, 2.45) is 13.0 Å². The molecule has 0 aliphatic carbocycles. The van der Waals surface area contributed by atoms with Gasteiger partial charge in [-0.25, -0.2) is 0 Å². The molecule has 1 aromatic heterocycles. The molecule has 5 heteroatoms. The van der Waals surface area contributed by atoms with Crippen LogP contribution < -0.4 is 5.32 Å². The summed E-state index contributed by atoms with van der Waals surface area (Å²) in [5, 5.41) is 7.72. The molecule has 0 bridgehead atoms. The molecule has 0 saturated carbocycles. The maximum Gasteiger partial charge on any atom is 0.143 e. The molecule has 0 aromatic carbocycles. The summed E-state index contributed by atoms with van der Waals surface area (Å²) in [5.41, 5.74) is 2.03. The third-order valence-electron chi connectivity index (χ3n) is 3.60. The zero-order chi connectivity index (χ0) is 13.1. The zero-order valence-electron chi connectivity index (χ0n) is 11.0. The van der Waals surface area contributed by atoms with E-state index in [1.165, 1.54) is 0 Å². The molecule has 2 heterocycles. The maximum atomic E-state index is 12.3. The quantitative estimate of drug-likeness (QED) is 0.923. The van der Waals surface area contributed by atoms with Crippen LogP contribution >= 0.6 is 15.9 Å². The average Bonchev–Trinajstić information content (AvgIpc) is 2.67. The lowest BCUT2D eigenvalue weighted by Gasteiger charge is -2.21. The van der Waals surface area contributed by atoms with E-state index in [1.54, 1.807) is 0 Å². The van der Waals surface area contributed by atoms with Gasteiger partial charge in [-0.15, -0.1) is 0 Å². The maximum absolute atomic E-state index is 12.3. The first-order valence-electron chi connectivity index (χ1n) is 6.57. The van der Waals surface area contributed by atoms with Gasteiger partial charge >= 0.3 is 0 Å². The topological polar surface area (TPSA) is 46.9 Å². The van der Waals surface area contributed by atoms with Crippen molar-refractivity contribution in [3.63, 3.8) is 0 Å². The van der Waals surface area contributed by atoms with Crippen LogP contribution in [0.5, 0.6) is 0 Å². The van der Waals surface area contributed by atoms with E-state index in [9.17, 15) is 4.79 Å². The van der Waals surface area contributed by atoms with Crippen LogP contribution in [0.3, 0.4) is 0 Å². The van der Waals surface area contributed by atoms with Crippen molar-refractivity contribution in [3.8, 4) is 0 Å². The fourth-order valence-electron chi connectivity index (χ4n) is 2.45. The van der Waals surface area contributed by atoms with Gasteiger partial charge in [0.05, 0.1) is 15.9 Å². The lowest BCUT2D eigenvalue weighted by molar-refractivity contribution is -0.122. The van der Waals surface area contributed by atoms with Gasteiger partial charge in [0, 0.05) is 25.9 Å². The van der Waals surface area contributed by atoms with Crippen molar-refractivity contribution in [1.29, 1.82) is 0 Å². The molecule has 100 valence electrons. The van der Waals surface area contributed by atoms with E-state index < -0.39 is 0 Å². The second kappa shape index (κ2) is 5.97. The predicted molar refractivity (Wildman–Crippen MR) is 74.6 cm³/mol. The van der Waals surface area contributed by atoms with Crippen molar-refractivity contribution in [3.05, 3.63) is 15.9 Å². The van der Waals surface area contributed by atoms with Crippen molar-refractivity contribution >= 4 is 21.7 Å². The largest absolute Gasteiger partial charge is 0.316 e. The Kier molecular flexibility index (Phi) is 4.56. The third-order valence-corrected chi connectivity index (χ3v) is 4.51. The zero-order valence-corrected chi connectivity index (χ0v) is 12.6. The Morgan fingerprint density at radius 1 is 1.61 bits per heavy atom.